The van der Waals surface area contributed by atoms with Crippen molar-refractivity contribution in [3.63, 3.8) is 0 Å². The number of hydrogen-bond acceptors (Lipinski definition) is 5. The summed E-state index contributed by atoms with van der Waals surface area (Å²) in [6, 6.07) is 3.97. The van der Waals surface area contributed by atoms with Gasteiger partial charge in [-0.25, -0.2) is 0 Å². The highest BCUT2D eigenvalue weighted by Gasteiger charge is 2.18. The maximum absolute atomic E-state index is 5.37. The first kappa shape index (κ1) is 11.4. The van der Waals surface area contributed by atoms with Crippen LogP contribution in [0.1, 0.15) is 11.5 Å². The molecule has 2 aromatic rings. The molecular weight excluding hydrogens is 230 g/mol. The third-order valence-corrected chi connectivity index (χ3v) is 3.27. The molecule has 1 aliphatic heterocycles. The molecule has 1 aliphatic rings. The van der Waals surface area contributed by atoms with E-state index in [0.717, 1.165) is 50.7 Å². The minimum Gasteiger partial charge on any atom is -0.468 e. The number of piperazine rings is 1. The Hall–Kier alpha value is -1.66. The molecule has 1 saturated heterocycles. The summed E-state index contributed by atoms with van der Waals surface area (Å²) >= 11 is 0. The van der Waals surface area contributed by atoms with Crippen LogP contribution in [0.2, 0.25) is 0 Å². The van der Waals surface area contributed by atoms with Crippen molar-refractivity contribution in [2.75, 3.05) is 26.2 Å². The molecule has 0 saturated carbocycles. The van der Waals surface area contributed by atoms with E-state index in [2.05, 4.69) is 25.2 Å². The quantitative estimate of drug-likeness (QED) is 0.862. The Bertz CT molecular complexity index is 401. The van der Waals surface area contributed by atoms with Crippen LogP contribution in [0.5, 0.6) is 0 Å². The average Bonchev–Trinajstić information content (AvgIpc) is 3.05. The first-order valence-electron chi connectivity index (χ1n) is 6.22. The molecular formula is C12H17N5O. The zero-order valence-electron chi connectivity index (χ0n) is 10.2. The van der Waals surface area contributed by atoms with Gasteiger partial charge in [0.25, 0.3) is 0 Å². The SMILES string of the molecule is c1coc(CN2CCN(Cc3cn[nH]n3)CC2)c1. The summed E-state index contributed by atoms with van der Waals surface area (Å²) in [5.41, 5.74) is 1.01. The third-order valence-electron chi connectivity index (χ3n) is 3.27. The molecule has 96 valence electrons. The number of furan rings is 1. The summed E-state index contributed by atoms with van der Waals surface area (Å²) in [5.74, 6) is 1.04. The lowest BCUT2D eigenvalue weighted by molar-refractivity contribution is 0.115. The van der Waals surface area contributed by atoms with Gasteiger partial charge in [0.15, 0.2) is 0 Å². The van der Waals surface area contributed by atoms with Crippen LogP contribution in [-0.2, 0) is 13.1 Å². The van der Waals surface area contributed by atoms with Crippen molar-refractivity contribution in [3.05, 3.63) is 36.0 Å². The first-order valence-corrected chi connectivity index (χ1v) is 6.22. The highest BCUT2D eigenvalue weighted by molar-refractivity contribution is 4.98. The Morgan fingerprint density at radius 2 is 1.94 bits per heavy atom. The number of aromatic nitrogens is 3. The van der Waals surface area contributed by atoms with Gasteiger partial charge in [0.05, 0.1) is 24.7 Å². The number of aromatic amines is 1. The van der Waals surface area contributed by atoms with Crippen molar-refractivity contribution in [3.8, 4) is 0 Å². The van der Waals surface area contributed by atoms with Crippen LogP contribution >= 0.6 is 0 Å². The van der Waals surface area contributed by atoms with Gasteiger partial charge in [-0.1, -0.05) is 0 Å². The minimum atomic E-state index is 0.880. The molecule has 6 nitrogen and oxygen atoms in total. The predicted molar refractivity (Wildman–Crippen MR) is 65.6 cm³/mol. The second-order valence-electron chi connectivity index (χ2n) is 4.59. The lowest BCUT2D eigenvalue weighted by Crippen LogP contribution is -2.45. The molecule has 6 heteroatoms. The highest BCUT2D eigenvalue weighted by Crippen LogP contribution is 2.10. The Kier molecular flexibility index (Phi) is 3.38. The number of hydrogen-bond donors (Lipinski definition) is 1. The molecule has 0 spiro atoms. The lowest BCUT2D eigenvalue weighted by atomic mass is 10.3. The van der Waals surface area contributed by atoms with Crippen molar-refractivity contribution in [1.82, 2.24) is 25.2 Å². The lowest BCUT2D eigenvalue weighted by Gasteiger charge is -2.33. The average molecular weight is 247 g/mol. The van der Waals surface area contributed by atoms with Crippen LogP contribution < -0.4 is 0 Å². The van der Waals surface area contributed by atoms with Gasteiger partial charge in [-0.15, -0.1) is 0 Å². The van der Waals surface area contributed by atoms with Crippen LogP contribution in [0.3, 0.4) is 0 Å². The zero-order valence-corrected chi connectivity index (χ0v) is 10.2. The van der Waals surface area contributed by atoms with Crippen LogP contribution in [0.25, 0.3) is 0 Å². The number of rotatable bonds is 4. The van der Waals surface area contributed by atoms with E-state index in [0.29, 0.717) is 0 Å². The van der Waals surface area contributed by atoms with Gasteiger partial charge in [-0.2, -0.15) is 15.4 Å². The summed E-state index contributed by atoms with van der Waals surface area (Å²) in [6.07, 6.45) is 3.52. The van der Waals surface area contributed by atoms with Crippen molar-refractivity contribution < 1.29 is 4.42 Å². The second-order valence-corrected chi connectivity index (χ2v) is 4.59. The minimum absolute atomic E-state index is 0.880. The van der Waals surface area contributed by atoms with Crippen LogP contribution in [0.15, 0.2) is 29.0 Å². The summed E-state index contributed by atoms with van der Waals surface area (Å²) in [6.45, 7) is 6.05. The maximum atomic E-state index is 5.37. The molecule has 0 radical (unpaired) electrons. The van der Waals surface area contributed by atoms with E-state index in [1.165, 1.54) is 0 Å². The Morgan fingerprint density at radius 3 is 2.56 bits per heavy atom. The van der Waals surface area contributed by atoms with Crippen molar-refractivity contribution >= 4 is 0 Å². The molecule has 0 aliphatic carbocycles. The molecule has 1 N–H and O–H groups in total. The molecule has 2 aromatic heterocycles. The topological polar surface area (TPSA) is 61.2 Å². The zero-order chi connectivity index (χ0) is 12.2. The van der Waals surface area contributed by atoms with Crippen molar-refractivity contribution in [2.24, 2.45) is 0 Å². The fourth-order valence-corrected chi connectivity index (χ4v) is 2.26. The van der Waals surface area contributed by atoms with E-state index in [1.807, 2.05) is 12.1 Å². The van der Waals surface area contributed by atoms with Crippen molar-refractivity contribution in [2.45, 2.75) is 13.1 Å². The van der Waals surface area contributed by atoms with Crippen LogP contribution in [0.4, 0.5) is 0 Å². The Balaban J connectivity index is 1.46. The molecule has 3 heterocycles. The van der Waals surface area contributed by atoms with Crippen LogP contribution in [-0.4, -0.2) is 51.4 Å². The highest BCUT2D eigenvalue weighted by atomic mass is 16.3. The largest absolute Gasteiger partial charge is 0.468 e. The number of H-pyrrole nitrogens is 1. The molecule has 0 amide bonds. The summed E-state index contributed by atoms with van der Waals surface area (Å²) in [7, 11) is 0. The van der Waals surface area contributed by atoms with Gasteiger partial charge in [0.2, 0.25) is 0 Å². The third kappa shape index (κ3) is 2.77. The van der Waals surface area contributed by atoms with E-state index in [4.69, 9.17) is 4.42 Å². The number of nitrogens with zero attached hydrogens (tertiary/aromatic N) is 4. The second kappa shape index (κ2) is 5.32. The van der Waals surface area contributed by atoms with Gasteiger partial charge in [0, 0.05) is 32.7 Å². The molecule has 0 bridgehead atoms. The van der Waals surface area contributed by atoms with E-state index in [-0.39, 0.29) is 0 Å². The predicted octanol–water partition coefficient (Wildman–Crippen LogP) is 0.715. The summed E-state index contributed by atoms with van der Waals surface area (Å²) in [4.78, 5) is 4.81. The smallest absolute Gasteiger partial charge is 0.117 e. The first-order chi connectivity index (χ1) is 8.90. The summed E-state index contributed by atoms with van der Waals surface area (Å²) < 4.78 is 5.37. The fourth-order valence-electron chi connectivity index (χ4n) is 2.26. The molecule has 0 unspecified atom stereocenters. The Labute approximate surface area is 106 Å². The van der Waals surface area contributed by atoms with Gasteiger partial charge < -0.3 is 4.42 Å². The van der Waals surface area contributed by atoms with E-state index >= 15 is 0 Å². The van der Waals surface area contributed by atoms with Crippen LogP contribution in [0, 0.1) is 0 Å². The van der Waals surface area contributed by atoms with Gasteiger partial charge >= 0.3 is 0 Å². The van der Waals surface area contributed by atoms with E-state index < -0.39 is 0 Å². The van der Waals surface area contributed by atoms with Crippen molar-refractivity contribution in [1.29, 1.82) is 0 Å². The maximum Gasteiger partial charge on any atom is 0.117 e. The summed E-state index contributed by atoms with van der Waals surface area (Å²) in [5, 5.41) is 10.6. The van der Waals surface area contributed by atoms with E-state index in [1.54, 1.807) is 12.5 Å². The fraction of sp³-hybridized carbons (Fsp3) is 0.500. The Morgan fingerprint density at radius 1 is 1.17 bits per heavy atom. The van der Waals surface area contributed by atoms with Gasteiger partial charge in [-0.3, -0.25) is 9.80 Å². The molecule has 3 rings (SSSR count). The molecule has 18 heavy (non-hydrogen) atoms. The standard InChI is InChI=1S/C12H17N5O/c1-2-12(18-7-1)10-17-5-3-16(4-6-17)9-11-8-13-15-14-11/h1-2,7-8H,3-6,9-10H2,(H,13,14,15). The van der Waals surface area contributed by atoms with Gasteiger partial charge in [-0.05, 0) is 12.1 Å². The normalized spacial score (nSPS) is 18.2. The molecule has 0 atom stereocenters. The molecule has 0 aromatic carbocycles. The van der Waals surface area contributed by atoms with Gasteiger partial charge in [0.1, 0.15) is 5.76 Å². The number of nitrogens with one attached hydrogen (secondary N) is 1. The monoisotopic (exact) mass is 247 g/mol. The van der Waals surface area contributed by atoms with E-state index in [9.17, 15) is 0 Å². The molecule has 1 fully saturated rings.